The lowest BCUT2D eigenvalue weighted by atomic mass is 9.99. The number of halogens is 3. The third-order valence-corrected chi connectivity index (χ3v) is 7.94. The molecule has 1 atom stereocenters. The Morgan fingerprint density at radius 1 is 1.18 bits per heavy atom. The number of aromatic nitrogens is 3. The smallest absolute Gasteiger partial charge is 0.356 e. The first-order valence-electron chi connectivity index (χ1n) is 13.0. The van der Waals surface area contributed by atoms with E-state index in [9.17, 15) is 18.0 Å². The Labute approximate surface area is 225 Å². The van der Waals surface area contributed by atoms with E-state index in [2.05, 4.69) is 32.1 Å². The molecule has 0 radical (unpaired) electrons. The molecule has 1 fully saturated rings. The van der Waals surface area contributed by atoms with Crippen molar-refractivity contribution in [3.8, 4) is 11.3 Å². The number of anilines is 2. The van der Waals surface area contributed by atoms with Gasteiger partial charge in [-0.25, -0.2) is 15.0 Å². The van der Waals surface area contributed by atoms with E-state index in [1.807, 2.05) is 18.7 Å². The standard InChI is InChI=1S/C27H33F3N6OS/c1-5-18-10-11-19(13-20(18)27(28,29)30)24-22(16-36-12-8-9-17(36)4)38-26(33-24)34-25(37)21-14-32-23(15-31-21)35(6-2)7-3/h10-11,13-15,17H,5-9,12,16H2,1-4H3,(H,33,34,37). The Morgan fingerprint density at radius 3 is 2.53 bits per heavy atom. The van der Waals surface area contributed by atoms with Gasteiger partial charge in [-0.15, -0.1) is 0 Å². The van der Waals surface area contributed by atoms with Crippen molar-refractivity contribution in [2.45, 2.75) is 65.7 Å². The minimum atomic E-state index is -4.46. The van der Waals surface area contributed by atoms with Crippen LogP contribution in [0.3, 0.4) is 0 Å². The van der Waals surface area contributed by atoms with Gasteiger partial charge in [0.2, 0.25) is 0 Å². The third kappa shape index (κ3) is 6.15. The highest BCUT2D eigenvalue weighted by Gasteiger charge is 2.34. The van der Waals surface area contributed by atoms with Crippen molar-refractivity contribution in [1.29, 1.82) is 0 Å². The average Bonchev–Trinajstić information content (AvgIpc) is 3.49. The zero-order valence-corrected chi connectivity index (χ0v) is 22.9. The molecule has 3 heterocycles. The number of rotatable bonds is 9. The number of carbonyl (C=O) groups is 1. The van der Waals surface area contributed by atoms with Crippen molar-refractivity contribution in [1.82, 2.24) is 19.9 Å². The van der Waals surface area contributed by atoms with Crippen LogP contribution >= 0.6 is 11.3 Å². The molecule has 11 heteroatoms. The quantitative estimate of drug-likeness (QED) is 0.341. The Morgan fingerprint density at radius 2 is 1.95 bits per heavy atom. The highest BCUT2D eigenvalue weighted by Crippen LogP contribution is 2.38. The summed E-state index contributed by atoms with van der Waals surface area (Å²) in [6.45, 7) is 10.9. The molecule has 38 heavy (non-hydrogen) atoms. The van der Waals surface area contributed by atoms with E-state index in [-0.39, 0.29) is 17.7 Å². The third-order valence-electron chi connectivity index (χ3n) is 6.98. The number of benzene rings is 1. The van der Waals surface area contributed by atoms with Crippen LogP contribution in [0, 0.1) is 0 Å². The van der Waals surface area contributed by atoms with Gasteiger partial charge >= 0.3 is 6.18 Å². The number of hydrogen-bond donors (Lipinski definition) is 1. The minimum absolute atomic E-state index is 0.138. The summed E-state index contributed by atoms with van der Waals surface area (Å²) >= 11 is 1.28. The predicted octanol–water partition coefficient (Wildman–Crippen LogP) is 6.26. The number of alkyl halides is 3. The maximum atomic E-state index is 13.8. The number of carbonyl (C=O) groups excluding carboxylic acids is 1. The summed E-state index contributed by atoms with van der Waals surface area (Å²) in [7, 11) is 0. The topological polar surface area (TPSA) is 74.2 Å². The van der Waals surface area contributed by atoms with Gasteiger partial charge in [0.15, 0.2) is 5.13 Å². The van der Waals surface area contributed by atoms with Crippen molar-refractivity contribution in [3.05, 3.63) is 52.3 Å². The maximum absolute atomic E-state index is 13.8. The van der Waals surface area contributed by atoms with Crippen LogP contribution in [0.25, 0.3) is 11.3 Å². The van der Waals surface area contributed by atoms with Crippen molar-refractivity contribution in [3.63, 3.8) is 0 Å². The molecule has 0 aliphatic carbocycles. The Balaban J connectivity index is 1.65. The molecule has 7 nitrogen and oxygen atoms in total. The lowest BCUT2D eigenvalue weighted by Gasteiger charge is -2.20. The fourth-order valence-electron chi connectivity index (χ4n) is 4.76. The molecule has 2 aromatic heterocycles. The number of hydrogen-bond acceptors (Lipinski definition) is 7. The Kier molecular flexibility index (Phi) is 8.67. The van der Waals surface area contributed by atoms with Crippen LogP contribution in [0.5, 0.6) is 0 Å². The second kappa shape index (κ2) is 11.8. The van der Waals surface area contributed by atoms with Crippen LogP contribution in [-0.2, 0) is 19.1 Å². The van der Waals surface area contributed by atoms with Gasteiger partial charge in [0, 0.05) is 36.1 Å². The van der Waals surface area contributed by atoms with E-state index in [1.165, 1.54) is 29.7 Å². The van der Waals surface area contributed by atoms with Crippen LogP contribution in [0.15, 0.2) is 30.6 Å². The summed E-state index contributed by atoms with van der Waals surface area (Å²) in [5.41, 5.74) is 0.572. The molecule has 4 rings (SSSR count). The van der Waals surface area contributed by atoms with Crippen LogP contribution in [0.1, 0.15) is 67.0 Å². The summed E-state index contributed by atoms with van der Waals surface area (Å²) in [5.74, 6) is 0.211. The normalized spacial score (nSPS) is 16.1. The fourth-order valence-corrected chi connectivity index (χ4v) is 5.76. The number of nitrogens with zero attached hydrogens (tertiary/aromatic N) is 5. The van der Waals surface area contributed by atoms with Gasteiger partial charge in [0.25, 0.3) is 5.91 Å². The van der Waals surface area contributed by atoms with Crippen molar-refractivity contribution in [2.75, 3.05) is 29.9 Å². The summed E-state index contributed by atoms with van der Waals surface area (Å²) < 4.78 is 41.4. The highest BCUT2D eigenvalue weighted by atomic mass is 32.1. The number of aryl methyl sites for hydroxylation is 1. The molecular weight excluding hydrogens is 513 g/mol. The number of likely N-dealkylation sites (tertiary alicyclic amines) is 1. The van der Waals surface area contributed by atoms with Crippen LogP contribution in [0.2, 0.25) is 0 Å². The van der Waals surface area contributed by atoms with E-state index in [0.717, 1.165) is 37.4 Å². The largest absolute Gasteiger partial charge is 0.416 e. The molecule has 1 aliphatic rings. The Bertz CT molecular complexity index is 1260. The first-order valence-corrected chi connectivity index (χ1v) is 13.8. The molecule has 1 aliphatic heterocycles. The summed E-state index contributed by atoms with van der Waals surface area (Å²) in [6.07, 6.45) is 0.939. The SMILES string of the molecule is CCc1ccc(-c2nc(NC(=O)c3cnc(N(CC)CC)cn3)sc2CN2CCCC2C)cc1C(F)(F)F. The molecule has 1 saturated heterocycles. The van der Waals surface area contributed by atoms with Crippen molar-refractivity contribution in [2.24, 2.45) is 0 Å². The molecular formula is C27H33F3N6OS. The first-order chi connectivity index (χ1) is 18.1. The lowest BCUT2D eigenvalue weighted by Crippen LogP contribution is -2.25. The van der Waals surface area contributed by atoms with E-state index in [1.54, 1.807) is 19.2 Å². The second-order valence-corrected chi connectivity index (χ2v) is 10.4. The first kappa shape index (κ1) is 28.0. The molecule has 0 spiro atoms. The second-order valence-electron chi connectivity index (χ2n) is 9.36. The number of thiazole rings is 1. The van der Waals surface area contributed by atoms with E-state index in [0.29, 0.717) is 34.8 Å². The summed E-state index contributed by atoms with van der Waals surface area (Å²) in [6, 6.07) is 4.75. The lowest BCUT2D eigenvalue weighted by molar-refractivity contribution is -0.138. The average molecular weight is 547 g/mol. The minimum Gasteiger partial charge on any atom is -0.356 e. The number of nitrogens with one attached hydrogen (secondary N) is 1. The van der Waals surface area contributed by atoms with E-state index >= 15 is 0 Å². The van der Waals surface area contributed by atoms with Gasteiger partial charge in [0.05, 0.1) is 23.7 Å². The molecule has 1 N–H and O–H groups in total. The van der Waals surface area contributed by atoms with Crippen molar-refractivity contribution < 1.29 is 18.0 Å². The van der Waals surface area contributed by atoms with Crippen LogP contribution in [-0.4, -0.2) is 51.4 Å². The van der Waals surface area contributed by atoms with Crippen LogP contribution in [0.4, 0.5) is 24.1 Å². The monoisotopic (exact) mass is 546 g/mol. The molecule has 0 bridgehead atoms. The zero-order valence-electron chi connectivity index (χ0n) is 22.1. The van der Waals surface area contributed by atoms with Gasteiger partial charge in [-0.1, -0.05) is 30.4 Å². The molecule has 0 saturated carbocycles. The van der Waals surface area contributed by atoms with Gasteiger partial charge in [-0.3, -0.25) is 15.0 Å². The van der Waals surface area contributed by atoms with Crippen molar-refractivity contribution >= 4 is 28.2 Å². The van der Waals surface area contributed by atoms with Gasteiger partial charge in [0.1, 0.15) is 11.5 Å². The fraction of sp³-hybridized carbons (Fsp3) is 0.481. The number of amides is 1. The molecule has 1 unspecified atom stereocenters. The van der Waals surface area contributed by atoms with Gasteiger partial charge in [-0.05, 0) is 58.2 Å². The summed E-state index contributed by atoms with van der Waals surface area (Å²) in [5, 5.41) is 3.10. The molecule has 3 aromatic rings. The predicted molar refractivity (Wildman–Crippen MR) is 145 cm³/mol. The van der Waals surface area contributed by atoms with Crippen LogP contribution < -0.4 is 10.2 Å². The van der Waals surface area contributed by atoms with Gasteiger partial charge in [-0.2, -0.15) is 13.2 Å². The Hall–Kier alpha value is -3.05. The van der Waals surface area contributed by atoms with E-state index < -0.39 is 17.6 Å². The molecule has 204 valence electrons. The summed E-state index contributed by atoms with van der Waals surface area (Å²) in [4.78, 5) is 31.3. The van der Waals surface area contributed by atoms with Gasteiger partial charge < -0.3 is 4.90 Å². The maximum Gasteiger partial charge on any atom is 0.416 e. The zero-order chi connectivity index (χ0) is 27.4. The highest BCUT2D eigenvalue weighted by molar-refractivity contribution is 7.16. The molecule has 1 aromatic carbocycles. The molecule has 1 amide bonds. The van der Waals surface area contributed by atoms with E-state index in [4.69, 9.17) is 0 Å².